The van der Waals surface area contributed by atoms with Gasteiger partial charge in [-0.1, -0.05) is 12.1 Å². The first-order chi connectivity index (χ1) is 17.5. The number of aromatic nitrogens is 4. The molecule has 0 spiro atoms. The van der Waals surface area contributed by atoms with Gasteiger partial charge in [-0.25, -0.2) is 26.3 Å². The number of rotatable bonds is 6. The monoisotopic (exact) mass is 539 g/mol. The quantitative estimate of drug-likeness (QED) is 0.346. The van der Waals surface area contributed by atoms with Crippen molar-refractivity contribution >= 4 is 21.1 Å². The molecule has 2 aromatic carbocycles. The molecule has 0 saturated carbocycles. The predicted molar refractivity (Wildman–Crippen MR) is 125 cm³/mol. The Balaban J connectivity index is 1.48. The topological polar surface area (TPSA) is 103 Å². The number of hydrogen-bond donors (Lipinski definition) is 0. The molecule has 1 saturated heterocycles. The van der Waals surface area contributed by atoms with Crippen LogP contribution >= 0.6 is 0 Å². The largest absolute Gasteiger partial charge is 0.415 e. The van der Waals surface area contributed by atoms with Crippen LogP contribution in [0.2, 0.25) is 0 Å². The molecule has 0 bridgehead atoms. The number of sulfonamides is 1. The molecule has 2 aromatic heterocycles. The number of nitrogens with zero attached hydrogens (tertiary/aromatic N) is 5. The van der Waals surface area contributed by atoms with Gasteiger partial charge in [0, 0.05) is 36.8 Å². The van der Waals surface area contributed by atoms with Crippen LogP contribution in [0.1, 0.15) is 36.8 Å². The number of halogens is 4. The van der Waals surface area contributed by atoms with Gasteiger partial charge >= 0.3 is 12.1 Å². The predicted octanol–water partition coefficient (Wildman–Crippen LogP) is 3.71. The molecular formula is C23H21F4N5O4S. The molecule has 1 aliphatic heterocycles. The number of piperidine rings is 1. The van der Waals surface area contributed by atoms with E-state index < -0.39 is 45.7 Å². The van der Waals surface area contributed by atoms with Crippen LogP contribution in [-0.2, 0) is 16.6 Å². The number of imidazole rings is 1. The number of fused-ring (bicyclic) bond motifs is 1. The standard InChI is InChI=1S/C23H21F4N5O4S/c1-37(34,35)30-8-6-15(7-9-30)32-19-11-17(25)16(24)10-18(19)31(23(32)33)12-13-2-4-14(5-3-13)21-28-29-22(36-21)20(26)27/h2-5,10-11,15,20H,6-9,12H2,1H3. The van der Waals surface area contributed by atoms with Gasteiger partial charge in [0.05, 0.1) is 23.8 Å². The Morgan fingerprint density at radius 2 is 1.65 bits per heavy atom. The van der Waals surface area contributed by atoms with Gasteiger partial charge in [0.2, 0.25) is 15.9 Å². The van der Waals surface area contributed by atoms with Crippen molar-refractivity contribution in [1.82, 2.24) is 23.6 Å². The lowest BCUT2D eigenvalue weighted by molar-refractivity contribution is 0.116. The summed E-state index contributed by atoms with van der Waals surface area (Å²) in [6.07, 6.45) is -1.10. The van der Waals surface area contributed by atoms with Crippen LogP contribution < -0.4 is 5.69 Å². The maximum atomic E-state index is 14.2. The first-order valence-corrected chi connectivity index (χ1v) is 13.1. The van der Waals surface area contributed by atoms with Gasteiger partial charge < -0.3 is 4.42 Å². The Morgan fingerprint density at radius 1 is 1.03 bits per heavy atom. The van der Waals surface area contributed by atoms with Crippen molar-refractivity contribution in [3.8, 4) is 11.5 Å². The summed E-state index contributed by atoms with van der Waals surface area (Å²) in [6, 6.07) is 7.91. The van der Waals surface area contributed by atoms with E-state index in [1.165, 1.54) is 13.4 Å². The molecule has 0 unspecified atom stereocenters. The lowest BCUT2D eigenvalue weighted by atomic mass is 10.1. The van der Waals surface area contributed by atoms with Crippen LogP contribution in [0.4, 0.5) is 17.6 Å². The Morgan fingerprint density at radius 3 is 2.22 bits per heavy atom. The van der Waals surface area contributed by atoms with Gasteiger partial charge in [-0.05, 0) is 30.5 Å². The summed E-state index contributed by atoms with van der Waals surface area (Å²) >= 11 is 0. The second kappa shape index (κ2) is 9.41. The Bertz CT molecular complexity index is 1620. The summed E-state index contributed by atoms with van der Waals surface area (Å²) < 4.78 is 86.5. The zero-order valence-electron chi connectivity index (χ0n) is 19.4. The molecule has 1 fully saturated rings. The summed E-state index contributed by atoms with van der Waals surface area (Å²) in [4.78, 5) is 13.5. The first kappa shape index (κ1) is 25.1. The summed E-state index contributed by atoms with van der Waals surface area (Å²) in [6.45, 7) is 0.426. The van der Waals surface area contributed by atoms with E-state index in [0.717, 1.165) is 18.4 Å². The first-order valence-electron chi connectivity index (χ1n) is 11.3. The van der Waals surface area contributed by atoms with Gasteiger partial charge in [-0.15, -0.1) is 10.2 Å². The third kappa shape index (κ3) is 4.78. The van der Waals surface area contributed by atoms with Gasteiger partial charge in [-0.2, -0.15) is 8.78 Å². The highest BCUT2D eigenvalue weighted by Crippen LogP contribution is 2.29. The fraction of sp³-hybridized carbons (Fsp3) is 0.348. The SMILES string of the molecule is CS(=O)(=O)N1CCC(n2c(=O)n(Cc3ccc(-c4nnc(C(F)F)o4)cc3)c3cc(F)c(F)cc32)CC1. The number of hydrogen-bond acceptors (Lipinski definition) is 6. The summed E-state index contributed by atoms with van der Waals surface area (Å²) in [5.41, 5.74) is 0.930. The molecule has 37 heavy (non-hydrogen) atoms. The van der Waals surface area contributed by atoms with Crippen molar-refractivity contribution in [3.63, 3.8) is 0 Å². The average molecular weight is 540 g/mol. The normalized spacial score (nSPS) is 15.7. The minimum atomic E-state index is -3.38. The van der Waals surface area contributed by atoms with Crippen LogP contribution in [0.5, 0.6) is 0 Å². The zero-order valence-corrected chi connectivity index (χ0v) is 20.3. The molecule has 0 atom stereocenters. The molecular weight excluding hydrogens is 518 g/mol. The minimum absolute atomic E-state index is 0.0159. The van der Waals surface area contributed by atoms with Crippen LogP contribution in [0, 0.1) is 11.6 Å². The van der Waals surface area contributed by atoms with E-state index >= 15 is 0 Å². The molecule has 0 N–H and O–H groups in total. The van der Waals surface area contributed by atoms with Gasteiger partial charge in [0.15, 0.2) is 11.6 Å². The van der Waals surface area contributed by atoms with E-state index in [1.807, 2.05) is 0 Å². The lowest BCUT2D eigenvalue weighted by Gasteiger charge is -2.30. The highest BCUT2D eigenvalue weighted by atomic mass is 32.2. The maximum Gasteiger partial charge on any atom is 0.329 e. The van der Waals surface area contributed by atoms with E-state index in [2.05, 4.69) is 10.2 Å². The second-order valence-electron chi connectivity index (χ2n) is 8.83. The molecule has 5 rings (SSSR count). The zero-order chi connectivity index (χ0) is 26.5. The maximum absolute atomic E-state index is 14.2. The summed E-state index contributed by atoms with van der Waals surface area (Å²) in [5.74, 6) is -3.09. The highest BCUT2D eigenvalue weighted by molar-refractivity contribution is 7.88. The van der Waals surface area contributed by atoms with Crippen molar-refractivity contribution in [2.45, 2.75) is 31.9 Å². The third-order valence-electron chi connectivity index (χ3n) is 6.43. The number of alkyl halides is 2. The number of benzene rings is 2. The van der Waals surface area contributed by atoms with Crippen molar-refractivity contribution in [3.05, 3.63) is 70.0 Å². The molecule has 0 radical (unpaired) electrons. The molecule has 4 aromatic rings. The van der Waals surface area contributed by atoms with Crippen molar-refractivity contribution < 1.29 is 30.4 Å². The molecule has 0 amide bonds. The van der Waals surface area contributed by atoms with Crippen molar-refractivity contribution in [2.75, 3.05) is 19.3 Å². The fourth-order valence-electron chi connectivity index (χ4n) is 4.58. The molecule has 3 heterocycles. The molecule has 0 aliphatic carbocycles. The Kier molecular flexibility index (Phi) is 6.40. The minimum Gasteiger partial charge on any atom is -0.415 e. The molecule has 14 heteroatoms. The fourth-order valence-corrected chi connectivity index (χ4v) is 5.46. The van der Waals surface area contributed by atoms with Crippen LogP contribution in [-0.4, -0.2) is 51.4 Å². The van der Waals surface area contributed by atoms with Gasteiger partial charge in [0.25, 0.3) is 5.89 Å². The molecule has 1 aliphatic rings. The van der Waals surface area contributed by atoms with Gasteiger partial charge in [0.1, 0.15) is 0 Å². The van der Waals surface area contributed by atoms with Crippen LogP contribution in [0.3, 0.4) is 0 Å². The van der Waals surface area contributed by atoms with Crippen LogP contribution in [0.25, 0.3) is 22.5 Å². The van der Waals surface area contributed by atoms with E-state index in [0.29, 0.717) is 24.0 Å². The van der Waals surface area contributed by atoms with Crippen molar-refractivity contribution in [2.24, 2.45) is 0 Å². The van der Waals surface area contributed by atoms with E-state index in [9.17, 15) is 30.8 Å². The lowest BCUT2D eigenvalue weighted by Crippen LogP contribution is -2.40. The molecule has 9 nitrogen and oxygen atoms in total. The second-order valence-corrected chi connectivity index (χ2v) is 10.8. The average Bonchev–Trinajstić information content (AvgIpc) is 3.44. The smallest absolute Gasteiger partial charge is 0.329 e. The van der Waals surface area contributed by atoms with Crippen molar-refractivity contribution in [1.29, 1.82) is 0 Å². The van der Waals surface area contributed by atoms with Crippen LogP contribution in [0.15, 0.2) is 45.6 Å². The highest BCUT2D eigenvalue weighted by Gasteiger charge is 2.29. The summed E-state index contributed by atoms with van der Waals surface area (Å²) in [7, 11) is -3.38. The van der Waals surface area contributed by atoms with E-state index in [1.54, 1.807) is 24.3 Å². The Hall–Kier alpha value is -3.52. The Labute approximate surface area is 208 Å². The van der Waals surface area contributed by atoms with Gasteiger partial charge in [-0.3, -0.25) is 9.13 Å². The third-order valence-corrected chi connectivity index (χ3v) is 7.73. The van der Waals surface area contributed by atoms with E-state index in [-0.39, 0.29) is 36.6 Å². The van der Waals surface area contributed by atoms with E-state index in [4.69, 9.17) is 4.42 Å². The molecule has 196 valence electrons. The summed E-state index contributed by atoms with van der Waals surface area (Å²) in [5, 5.41) is 6.89.